The SMILES string of the molecule is Cc1cc(N(C)C(=O)c2ccc(Oc3ccc(F)cc3)nc2)ccc1CN1CCN(C(=O)O)[C@@H](C)C1. The van der Waals surface area contributed by atoms with Crippen LogP contribution in [0.5, 0.6) is 11.6 Å². The molecule has 1 atom stereocenters. The van der Waals surface area contributed by atoms with Gasteiger partial charge in [-0.2, -0.15) is 0 Å². The molecular formula is C27H29FN4O4. The van der Waals surface area contributed by atoms with Gasteiger partial charge in [0.15, 0.2) is 0 Å². The van der Waals surface area contributed by atoms with Gasteiger partial charge in [0.1, 0.15) is 11.6 Å². The monoisotopic (exact) mass is 492 g/mol. The highest BCUT2D eigenvalue weighted by atomic mass is 19.1. The molecular weight excluding hydrogens is 463 g/mol. The van der Waals surface area contributed by atoms with Gasteiger partial charge < -0.3 is 19.6 Å². The fourth-order valence-electron chi connectivity index (χ4n) is 4.27. The lowest BCUT2D eigenvalue weighted by atomic mass is 10.1. The number of carbonyl (C=O) groups excluding carboxylic acids is 1. The largest absolute Gasteiger partial charge is 0.465 e. The summed E-state index contributed by atoms with van der Waals surface area (Å²) >= 11 is 0. The molecule has 1 aromatic heterocycles. The van der Waals surface area contributed by atoms with Crippen molar-refractivity contribution in [1.29, 1.82) is 0 Å². The Bertz CT molecular complexity index is 1230. The molecule has 2 heterocycles. The highest BCUT2D eigenvalue weighted by Crippen LogP contribution is 2.24. The van der Waals surface area contributed by atoms with E-state index < -0.39 is 6.09 Å². The summed E-state index contributed by atoms with van der Waals surface area (Å²) in [7, 11) is 1.71. The summed E-state index contributed by atoms with van der Waals surface area (Å²) < 4.78 is 18.6. The van der Waals surface area contributed by atoms with Crippen LogP contribution in [0.4, 0.5) is 14.9 Å². The fraction of sp³-hybridized carbons (Fsp3) is 0.296. The number of rotatable bonds is 6. The smallest absolute Gasteiger partial charge is 0.407 e. The second-order valence-electron chi connectivity index (χ2n) is 8.98. The molecule has 2 amide bonds. The van der Waals surface area contributed by atoms with Crippen LogP contribution in [-0.4, -0.2) is 64.6 Å². The third-order valence-corrected chi connectivity index (χ3v) is 6.39. The number of ether oxygens (including phenoxy) is 1. The van der Waals surface area contributed by atoms with E-state index in [-0.39, 0.29) is 17.8 Å². The molecule has 1 N–H and O–H groups in total. The zero-order valence-electron chi connectivity index (χ0n) is 20.5. The van der Waals surface area contributed by atoms with Crippen LogP contribution >= 0.6 is 0 Å². The van der Waals surface area contributed by atoms with Gasteiger partial charge in [0.2, 0.25) is 5.88 Å². The Hall–Kier alpha value is -3.98. The van der Waals surface area contributed by atoms with Gasteiger partial charge in [-0.3, -0.25) is 9.69 Å². The number of aryl methyl sites for hydroxylation is 1. The van der Waals surface area contributed by atoms with Gasteiger partial charge in [0.25, 0.3) is 5.91 Å². The van der Waals surface area contributed by atoms with Crippen LogP contribution in [0.2, 0.25) is 0 Å². The van der Waals surface area contributed by atoms with E-state index in [1.165, 1.54) is 35.4 Å². The Balaban J connectivity index is 1.38. The van der Waals surface area contributed by atoms with Crippen LogP contribution in [0.3, 0.4) is 0 Å². The molecule has 9 heteroatoms. The summed E-state index contributed by atoms with van der Waals surface area (Å²) in [5.41, 5.74) is 3.37. The van der Waals surface area contributed by atoms with Gasteiger partial charge in [0, 0.05) is 57.2 Å². The van der Waals surface area contributed by atoms with E-state index in [2.05, 4.69) is 9.88 Å². The summed E-state index contributed by atoms with van der Waals surface area (Å²) in [4.78, 5) is 33.8. The van der Waals surface area contributed by atoms with E-state index in [1.807, 2.05) is 32.0 Å². The Morgan fingerprint density at radius 2 is 1.89 bits per heavy atom. The second kappa shape index (κ2) is 10.7. The number of hydrogen-bond donors (Lipinski definition) is 1. The third-order valence-electron chi connectivity index (χ3n) is 6.39. The molecule has 0 spiro atoms. The van der Waals surface area contributed by atoms with Gasteiger partial charge in [0.05, 0.1) is 5.56 Å². The number of piperazine rings is 1. The summed E-state index contributed by atoms with van der Waals surface area (Å²) in [6.45, 7) is 6.52. The number of benzene rings is 2. The van der Waals surface area contributed by atoms with Crippen molar-refractivity contribution >= 4 is 17.7 Å². The van der Waals surface area contributed by atoms with Crippen LogP contribution < -0.4 is 9.64 Å². The molecule has 0 bridgehead atoms. The van der Waals surface area contributed by atoms with Crippen LogP contribution in [0.1, 0.15) is 28.4 Å². The van der Waals surface area contributed by atoms with Crippen molar-refractivity contribution in [3.8, 4) is 11.6 Å². The van der Waals surface area contributed by atoms with Crippen molar-refractivity contribution in [1.82, 2.24) is 14.8 Å². The number of halogens is 1. The summed E-state index contributed by atoms with van der Waals surface area (Å²) in [6, 6.07) is 14.7. The lowest BCUT2D eigenvalue weighted by molar-refractivity contribution is 0.0710. The third kappa shape index (κ3) is 5.80. The van der Waals surface area contributed by atoms with Gasteiger partial charge in [-0.15, -0.1) is 0 Å². The molecule has 36 heavy (non-hydrogen) atoms. The Kier molecular flexibility index (Phi) is 7.49. The van der Waals surface area contributed by atoms with Crippen molar-refractivity contribution in [2.75, 3.05) is 31.6 Å². The molecule has 2 aromatic carbocycles. The molecule has 1 aliphatic rings. The highest BCUT2D eigenvalue weighted by molar-refractivity contribution is 6.05. The zero-order valence-corrected chi connectivity index (χ0v) is 20.5. The van der Waals surface area contributed by atoms with Gasteiger partial charge in [-0.05, 0) is 67.4 Å². The molecule has 0 unspecified atom stereocenters. The van der Waals surface area contributed by atoms with E-state index >= 15 is 0 Å². The zero-order chi connectivity index (χ0) is 25.8. The predicted molar refractivity (Wildman–Crippen MR) is 134 cm³/mol. The van der Waals surface area contributed by atoms with E-state index in [0.29, 0.717) is 36.8 Å². The first-order chi connectivity index (χ1) is 17.2. The average molecular weight is 493 g/mol. The van der Waals surface area contributed by atoms with Crippen molar-refractivity contribution in [2.24, 2.45) is 0 Å². The Morgan fingerprint density at radius 1 is 1.14 bits per heavy atom. The van der Waals surface area contributed by atoms with E-state index in [9.17, 15) is 19.1 Å². The van der Waals surface area contributed by atoms with Crippen molar-refractivity contribution in [2.45, 2.75) is 26.4 Å². The summed E-state index contributed by atoms with van der Waals surface area (Å²) in [5, 5.41) is 9.27. The number of anilines is 1. The number of amides is 2. The predicted octanol–water partition coefficient (Wildman–Crippen LogP) is 4.78. The maximum absolute atomic E-state index is 13.1. The first kappa shape index (κ1) is 25.1. The van der Waals surface area contributed by atoms with E-state index in [0.717, 1.165) is 23.4 Å². The molecule has 1 aliphatic heterocycles. The van der Waals surface area contributed by atoms with Crippen LogP contribution in [-0.2, 0) is 6.54 Å². The standard InChI is InChI=1S/C27H29FN4O4/c1-18-14-23(8-4-21(18)17-31-12-13-32(27(34)35)19(2)16-31)30(3)26(33)20-5-11-25(29-15-20)36-24-9-6-22(28)7-10-24/h4-11,14-15,19H,12-13,16-17H2,1-3H3,(H,34,35)/t19-/m0/s1. The highest BCUT2D eigenvalue weighted by Gasteiger charge is 2.27. The normalized spacial score (nSPS) is 16.0. The molecule has 1 saturated heterocycles. The first-order valence-corrected chi connectivity index (χ1v) is 11.7. The average Bonchev–Trinajstić information content (AvgIpc) is 2.86. The summed E-state index contributed by atoms with van der Waals surface area (Å²) in [5.74, 6) is 0.200. The fourth-order valence-corrected chi connectivity index (χ4v) is 4.27. The van der Waals surface area contributed by atoms with Crippen LogP contribution in [0.25, 0.3) is 0 Å². The maximum Gasteiger partial charge on any atom is 0.407 e. The van der Waals surface area contributed by atoms with Gasteiger partial charge in [-0.25, -0.2) is 14.2 Å². The molecule has 0 aliphatic carbocycles. The summed E-state index contributed by atoms with van der Waals surface area (Å²) in [6.07, 6.45) is 0.581. The minimum Gasteiger partial charge on any atom is -0.465 e. The van der Waals surface area contributed by atoms with Gasteiger partial charge >= 0.3 is 6.09 Å². The quantitative estimate of drug-likeness (QED) is 0.533. The lowest BCUT2D eigenvalue weighted by Crippen LogP contribution is -2.53. The van der Waals surface area contributed by atoms with Crippen LogP contribution in [0, 0.1) is 12.7 Å². The first-order valence-electron chi connectivity index (χ1n) is 11.7. The van der Waals surface area contributed by atoms with Crippen molar-refractivity contribution in [3.63, 3.8) is 0 Å². The molecule has 1 fully saturated rings. The minimum atomic E-state index is -0.874. The second-order valence-corrected chi connectivity index (χ2v) is 8.98. The molecule has 0 saturated carbocycles. The Morgan fingerprint density at radius 3 is 2.50 bits per heavy atom. The molecule has 4 rings (SSSR count). The number of pyridine rings is 1. The maximum atomic E-state index is 13.1. The number of aromatic nitrogens is 1. The van der Waals surface area contributed by atoms with Crippen LogP contribution in [0.15, 0.2) is 60.8 Å². The van der Waals surface area contributed by atoms with Gasteiger partial charge in [-0.1, -0.05) is 6.07 Å². The molecule has 188 valence electrons. The molecule has 0 radical (unpaired) electrons. The van der Waals surface area contributed by atoms with E-state index in [1.54, 1.807) is 24.1 Å². The topological polar surface area (TPSA) is 86.2 Å². The Labute approximate surface area is 209 Å². The lowest BCUT2D eigenvalue weighted by Gasteiger charge is -2.38. The number of carboxylic acid groups (broad SMARTS) is 1. The minimum absolute atomic E-state index is 0.0549. The van der Waals surface area contributed by atoms with E-state index in [4.69, 9.17) is 4.74 Å². The molecule has 8 nitrogen and oxygen atoms in total. The number of carbonyl (C=O) groups is 2. The van der Waals surface area contributed by atoms with Crippen molar-refractivity contribution < 1.29 is 23.8 Å². The number of hydrogen-bond acceptors (Lipinski definition) is 5. The number of nitrogens with zero attached hydrogens (tertiary/aromatic N) is 4. The molecule has 3 aromatic rings. The van der Waals surface area contributed by atoms with Crippen molar-refractivity contribution in [3.05, 3.63) is 83.3 Å².